The molecule has 0 radical (unpaired) electrons. The predicted molar refractivity (Wildman–Crippen MR) is 117 cm³/mol. The third-order valence-electron chi connectivity index (χ3n) is 4.84. The quantitative estimate of drug-likeness (QED) is 0.415. The number of carbonyl (C=O) groups is 1. The number of carboxylic acid groups (broad SMARTS) is 1. The molecular weight excluding hydrogens is 404 g/mol. The Bertz CT molecular complexity index is 1220. The van der Waals surface area contributed by atoms with Gasteiger partial charge in [-0.25, -0.2) is 4.79 Å². The van der Waals surface area contributed by atoms with E-state index >= 15 is 0 Å². The fourth-order valence-corrected chi connectivity index (χ4v) is 4.61. The molecule has 0 bridgehead atoms. The summed E-state index contributed by atoms with van der Waals surface area (Å²) in [6.07, 6.45) is 1.90. The Balaban J connectivity index is 1.80. The number of halogens is 1. The molecule has 4 rings (SSSR count). The van der Waals surface area contributed by atoms with Crippen LogP contribution in [-0.2, 0) is 6.54 Å². The van der Waals surface area contributed by atoms with Gasteiger partial charge < -0.3 is 9.67 Å². The van der Waals surface area contributed by atoms with Gasteiger partial charge >= 0.3 is 5.97 Å². The van der Waals surface area contributed by atoms with Crippen molar-refractivity contribution in [1.29, 1.82) is 0 Å². The number of carboxylic acids is 1. The average molecular weight is 423 g/mol. The predicted octanol–water partition coefficient (Wildman–Crippen LogP) is 6.20. The molecule has 0 aliphatic carbocycles. The fraction of sp³-hybridized carbons (Fsp3) is 0.130. The van der Waals surface area contributed by atoms with E-state index in [0.29, 0.717) is 11.6 Å². The van der Waals surface area contributed by atoms with Crippen molar-refractivity contribution in [2.24, 2.45) is 0 Å². The van der Waals surface area contributed by atoms with E-state index in [1.807, 2.05) is 43.5 Å². The van der Waals surface area contributed by atoms with Gasteiger partial charge in [0.15, 0.2) is 0 Å². The van der Waals surface area contributed by atoms with Crippen LogP contribution in [0.1, 0.15) is 27.3 Å². The molecule has 2 aromatic heterocycles. The van der Waals surface area contributed by atoms with Crippen LogP contribution in [0.25, 0.3) is 10.9 Å². The smallest absolute Gasteiger partial charge is 0.335 e. The van der Waals surface area contributed by atoms with Crippen molar-refractivity contribution >= 4 is 40.2 Å². The summed E-state index contributed by atoms with van der Waals surface area (Å²) < 4.78 is 2.23. The van der Waals surface area contributed by atoms with Crippen LogP contribution in [0.3, 0.4) is 0 Å². The van der Waals surface area contributed by atoms with Gasteiger partial charge in [0.2, 0.25) is 0 Å². The van der Waals surface area contributed by atoms with E-state index in [4.69, 9.17) is 11.6 Å². The molecular formula is C23H19ClN2O2S. The van der Waals surface area contributed by atoms with Gasteiger partial charge in [-0.3, -0.25) is 4.98 Å². The van der Waals surface area contributed by atoms with Crippen LogP contribution in [0.15, 0.2) is 70.6 Å². The lowest BCUT2D eigenvalue weighted by atomic mass is 10.2. The van der Waals surface area contributed by atoms with E-state index in [2.05, 4.69) is 22.5 Å². The summed E-state index contributed by atoms with van der Waals surface area (Å²) in [5.74, 6) is -0.926. The topological polar surface area (TPSA) is 55.1 Å². The van der Waals surface area contributed by atoms with E-state index in [0.717, 1.165) is 37.6 Å². The Morgan fingerprint density at radius 1 is 1.14 bits per heavy atom. The van der Waals surface area contributed by atoms with Gasteiger partial charge in [-0.15, -0.1) is 0 Å². The Morgan fingerprint density at radius 3 is 2.69 bits per heavy atom. The average Bonchev–Trinajstić information content (AvgIpc) is 2.95. The highest BCUT2D eigenvalue weighted by Gasteiger charge is 2.17. The summed E-state index contributed by atoms with van der Waals surface area (Å²) in [4.78, 5) is 17.7. The number of benzene rings is 2. The first-order valence-corrected chi connectivity index (χ1v) is 10.3. The van der Waals surface area contributed by atoms with Gasteiger partial charge in [0.25, 0.3) is 0 Å². The van der Waals surface area contributed by atoms with Gasteiger partial charge in [-0.05, 0) is 55.8 Å². The number of rotatable bonds is 5. The standard InChI is InChI=1S/C23H19ClN2O2S/c1-14-6-7-16(12-25-14)13-26-15(2)22(20-9-8-18(24)11-21(20)26)29-19-5-3-4-17(10-19)23(27)28/h3-12H,13H2,1-2H3,(H,27,28). The summed E-state index contributed by atoms with van der Waals surface area (Å²) >= 11 is 7.87. The molecule has 1 N–H and O–H groups in total. The van der Waals surface area contributed by atoms with E-state index < -0.39 is 5.97 Å². The third kappa shape index (κ3) is 4.02. The maximum absolute atomic E-state index is 11.3. The van der Waals surface area contributed by atoms with Crippen LogP contribution in [0, 0.1) is 13.8 Å². The Kier molecular flexibility index (Phi) is 5.35. The van der Waals surface area contributed by atoms with Crippen LogP contribution in [0.5, 0.6) is 0 Å². The van der Waals surface area contributed by atoms with E-state index in [1.165, 1.54) is 0 Å². The zero-order valence-electron chi connectivity index (χ0n) is 16.0. The molecule has 0 spiro atoms. The van der Waals surface area contributed by atoms with Crippen molar-refractivity contribution < 1.29 is 9.90 Å². The van der Waals surface area contributed by atoms with Gasteiger partial charge in [-0.1, -0.05) is 41.6 Å². The molecule has 2 aromatic carbocycles. The molecule has 0 amide bonds. The Labute approximate surface area is 178 Å². The first kappa shape index (κ1) is 19.6. The van der Waals surface area contributed by atoms with Crippen LogP contribution < -0.4 is 0 Å². The molecule has 0 fully saturated rings. The normalized spacial score (nSPS) is 11.1. The van der Waals surface area contributed by atoms with Crippen LogP contribution in [0.2, 0.25) is 5.02 Å². The minimum atomic E-state index is -0.926. The van der Waals surface area contributed by atoms with Crippen LogP contribution >= 0.6 is 23.4 Å². The molecule has 0 saturated heterocycles. The summed E-state index contributed by atoms with van der Waals surface area (Å²) in [5.41, 5.74) is 4.53. The number of nitrogens with zero attached hydrogens (tertiary/aromatic N) is 2. The van der Waals surface area contributed by atoms with Crippen molar-refractivity contribution in [3.05, 3.63) is 88.3 Å². The number of aryl methyl sites for hydroxylation is 1. The maximum atomic E-state index is 11.3. The van der Waals surface area contributed by atoms with Gasteiger partial charge in [0.1, 0.15) is 0 Å². The molecule has 146 valence electrons. The van der Waals surface area contributed by atoms with Crippen LogP contribution in [0.4, 0.5) is 0 Å². The summed E-state index contributed by atoms with van der Waals surface area (Å²) in [5, 5.41) is 11.1. The highest BCUT2D eigenvalue weighted by atomic mass is 35.5. The molecule has 0 aliphatic heterocycles. The highest BCUT2D eigenvalue weighted by Crippen LogP contribution is 2.39. The molecule has 4 nitrogen and oxygen atoms in total. The lowest BCUT2D eigenvalue weighted by molar-refractivity contribution is 0.0696. The minimum absolute atomic E-state index is 0.283. The highest BCUT2D eigenvalue weighted by molar-refractivity contribution is 7.99. The monoisotopic (exact) mass is 422 g/mol. The molecule has 29 heavy (non-hydrogen) atoms. The number of hydrogen-bond donors (Lipinski definition) is 1. The van der Waals surface area contributed by atoms with Crippen LogP contribution in [-0.4, -0.2) is 20.6 Å². The van der Waals surface area contributed by atoms with Crippen molar-refractivity contribution in [2.45, 2.75) is 30.2 Å². The largest absolute Gasteiger partial charge is 0.478 e. The van der Waals surface area contributed by atoms with Gasteiger partial charge in [0, 0.05) is 44.3 Å². The maximum Gasteiger partial charge on any atom is 0.335 e. The third-order valence-corrected chi connectivity index (χ3v) is 6.29. The fourth-order valence-electron chi connectivity index (χ4n) is 3.34. The number of fused-ring (bicyclic) bond motifs is 1. The molecule has 6 heteroatoms. The number of aromatic carboxylic acids is 1. The molecule has 0 aliphatic rings. The SMILES string of the molecule is Cc1ccc(Cn2c(C)c(Sc3cccc(C(=O)O)c3)c3ccc(Cl)cc32)cn1. The zero-order chi connectivity index (χ0) is 20.5. The second-order valence-corrected chi connectivity index (χ2v) is 8.43. The first-order chi connectivity index (χ1) is 13.9. The summed E-state index contributed by atoms with van der Waals surface area (Å²) in [6, 6.07) is 17.0. The van der Waals surface area contributed by atoms with E-state index in [9.17, 15) is 9.90 Å². The zero-order valence-corrected chi connectivity index (χ0v) is 17.6. The Morgan fingerprint density at radius 2 is 1.97 bits per heavy atom. The number of aromatic nitrogens is 2. The molecule has 0 saturated carbocycles. The summed E-state index contributed by atoms with van der Waals surface area (Å²) in [6.45, 7) is 4.74. The lowest BCUT2D eigenvalue weighted by Gasteiger charge is -2.09. The lowest BCUT2D eigenvalue weighted by Crippen LogP contribution is -2.02. The molecule has 2 heterocycles. The summed E-state index contributed by atoms with van der Waals surface area (Å²) in [7, 11) is 0. The molecule has 0 unspecified atom stereocenters. The minimum Gasteiger partial charge on any atom is -0.478 e. The van der Waals surface area contributed by atoms with Crippen molar-refractivity contribution in [3.63, 3.8) is 0 Å². The van der Waals surface area contributed by atoms with Crippen molar-refractivity contribution in [2.75, 3.05) is 0 Å². The van der Waals surface area contributed by atoms with Crippen molar-refractivity contribution in [1.82, 2.24) is 9.55 Å². The first-order valence-electron chi connectivity index (χ1n) is 9.13. The van der Waals surface area contributed by atoms with Gasteiger partial charge in [0.05, 0.1) is 11.1 Å². The molecule has 0 atom stereocenters. The number of pyridine rings is 1. The van der Waals surface area contributed by atoms with Gasteiger partial charge in [-0.2, -0.15) is 0 Å². The molecule has 4 aromatic rings. The Hall–Kier alpha value is -2.76. The van der Waals surface area contributed by atoms with E-state index in [-0.39, 0.29) is 5.56 Å². The second-order valence-electron chi connectivity index (χ2n) is 6.91. The number of hydrogen-bond acceptors (Lipinski definition) is 3. The second kappa shape index (κ2) is 7.93. The van der Waals surface area contributed by atoms with Crippen molar-refractivity contribution in [3.8, 4) is 0 Å². The van der Waals surface area contributed by atoms with E-state index in [1.54, 1.807) is 30.0 Å².